The molecule has 1 aliphatic rings. The maximum Gasteiger partial charge on any atom is 0.222 e. The summed E-state index contributed by atoms with van der Waals surface area (Å²) in [6, 6.07) is 8.24. The van der Waals surface area contributed by atoms with Crippen molar-refractivity contribution in [2.75, 3.05) is 40.3 Å². The van der Waals surface area contributed by atoms with Gasteiger partial charge in [0.25, 0.3) is 0 Å². The topological polar surface area (TPSA) is 58.6 Å². The van der Waals surface area contributed by atoms with E-state index >= 15 is 0 Å². The maximum absolute atomic E-state index is 12.5. The first-order chi connectivity index (χ1) is 14.2. The Morgan fingerprint density at radius 3 is 2.93 bits per heavy atom. The summed E-state index contributed by atoms with van der Waals surface area (Å²) >= 11 is 0. The van der Waals surface area contributed by atoms with Gasteiger partial charge in [-0.25, -0.2) is 0 Å². The highest BCUT2D eigenvalue weighted by molar-refractivity contribution is 5.76. The zero-order chi connectivity index (χ0) is 20.5. The molecule has 0 spiro atoms. The van der Waals surface area contributed by atoms with E-state index in [0.29, 0.717) is 18.8 Å². The number of carbonyl (C=O) groups is 1. The molecule has 1 atom stereocenters. The number of likely N-dealkylation sites (tertiary alicyclic amines) is 1. The quantitative estimate of drug-likeness (QED) is 0.652. The summed E-state index contributed by atoms with van der Waals surface area (Å²) in [5.41, 5.74) is 2.13. The third-order valence-corrected chi connectivity index (χ3v) is 5.66. The first kappa shape index (κ1) is 21.2. The average Bonchev–Trinajstić information content (AvgIpc) is 2.77. The van der Waals surface area contributed by atoms with Crippen LogP contribution in [0.4, 0.5) is 0 Å². The number of amides is 1. The van der Waals surface area contributed by atoms with Crippen LogP contribution in [0.2, 0.25) is 0 Å². The lowest BCUT2D eigenvalue weighted by Crippen LogP contribution is -2.42. The van der Waals surface area contributed by atoms with E-state index in [-0.39, 0.29) is 5.91 Å². The van der Waals surface area contributed by atoms with E-state index in [1.165, 1.54) is 18.4 Å². The Kier molecular flexibility index (Phi) is 7.99. The van der Waals surface area contributed by atoms with Gasteiger partial charge >= 0.3 is 0 Å². The van der Waals surface area contributed by atoms with Crippen LogP contribution < -0.4 is 4.74 Å². The molecule has 2 aromatic rings. The number of piperidine rings is 1. The smallest absolute Gasteiger partial charge is 0.222 e. The fourth-order valence-electron chi connectivity index (χ4n) is 4.07. The predicted molar refractivity (Wildman–Crippen MR) is 114 cm³/mol. The van der Waals surface area contributed by atoms with Crippen LogP contribution in [0.5, 0.6) is 5.75 Å². The van der Waals surface area contributed by atoms with Crippen molar-refractivity contribution in [1.82, 2.24) is 19.8 Å². The molecule has 6 nitrogen and oxygen atoms in total. The van der Waals surface area contributed by atoms with Crippen LogP contribution in [0.3, 0.4) is 0 Å². The zero-order valence-electron chi connectivity index (χ0n) is 17.6. The second kappa shape index (κ2) is 10.9. The second-order valence-electron chi connectivity index (χ2n) is 7.84. The molecule has 6 heteroatoms. The van der Waals surface area contributed by atoms with Gasteiger partial charge < -0.3 is 14.5 Å². The molecule has 3 rings (SSSR count). The van der Waals surface area contributed by atoms with E-state index in [1.54, 1.807) is 25.7 Å². The number of hydrogen-bond acceptors (Lipinski definition) is 5. The van der Waals surface area contributed by atoms with Crippen LogP contribution in [0, 0.1) is 5.92 Å². The minimum absolute atomic E-state index is 0.182. The summed E-state index contributed by atoms with van der Waals surface area (Å²) in [4.78, 5) is 25.2. The van der Waals surface area contributed by atoms with E-state index in [0.717, 1.165) is 44.0 Å². The third-order valence-electron chi connectivity index (χ3n) is 5.66. The van der Waals surface area contributed by atoms with Gasteiger partial charge in [-0.3, -0.25) is 14.8 Å². The summed E-state index contributed by atoms with van der Waals surface area (Å²) in [6.07, 6.45) is 9.56. The molecule has 0 N–H and O–H groups in total. The van der Waals surface area contributed by atoms with Gasteiger partial charge in [-0.2, -0.15) is 0 Å². The van der Waals surface area contributed by atoms with Crippen molar-refractivity contribution in [3.05, 3.63) is 54.1 Å². The van der Waals surface area contributed by atoms with Gasteiger partial charge in [-0.15, -0.1) is 0 Å². The van der Waals surface area contributed by atoms with E-state index < -0.39 is 0 Å². The molecular formula is C23H32N4O2. The number of rotatable bonds is 9. The highest BCUT2D eigenvalue weighted by Gasteiger charge is 2.22. The van der Waals surface area contributed by atoms with Gasteiger partial charge in [0.05, 0.1) is 12.8 Å². The lowest BCUT2D eigenvalue weighted by atomic mass is 9.97. The van der Waals surface area contributed by atoms with Crippen molar-refractivity contribution >= 4 is 5.91 Å². The van der Waals surface area contributed by atoms with E-state index in [1.807, 2.05) is 24.1 Å². The molecule has 1 aliphatic heterocycles. The number of para-hydroxylation sites is 1. The second-order valence-corrected chi connectivity index (χ2v) is 7.84. The summed E-state index contributed by atoms with van der Waals surface area (Å²) in [7, 11) is 3.65. The van der Waals surface area contributed by atoms with Crippen molar-refractivity contribution in [1.29, 1.82) is 0 Å². The first-order valence-corrected chi connectivity index (χ1v) is 10.5. The van der Waals surface area contributed by atoms with E-state index in [9.17, 15) is 4.79 Å². The molecule has 29 heavy (non-hydrogen) atoms. The molecule has 1 unspecified atom stereocenters. The molecule has 156 valence electrons. The van der Waals surface area contributed by atoms with Gasteiger partial charge in [0.1, 0.15) is 5.75 Å². The van der Waals surface area contributed by atoms with Crippen molar-refractivity contribution in [2.45, 2.75) is 32.1 Å². The Balaban J connectivity index is 1.43. The fourth-order valence-corrected chi connectivity index (χ4v) is 4.07. The standard InChI is InChI=1S/C23H32N4O2/c1-26(23(28)10-9-21-16-24-12-13-25-21)17-19-6-5-14-27(18-19)15-11-20-7-3-4-8-22(20)29-2/h3-4,7-8,12-13,16,19H,5-6,9-11,14-15,17-18H2,1-2H3. The maximum atomic E-state index is 12.5. The molecule has 1 aromatic heterocycles. The summed E-state index contributed by atoms with van der Waals surface area (Å²) in [5, 5.41) is 0. The normalized spacial score (nSPS) is 17.1. The van der Waals surface area contributed by atoms with Crippen molar-refractivity contribution in [2.24, 2.45) is 5.92 Å². The number of aryl methyl sites for hydroxylation is 1. The zero-order valence-corrected chi connectivity index (χ0v) is 17.6. The molecule has 0 radical (unpaired) electrons. The molecule has 0 bridgehead atoms. The van der Waals surface area contributed by atoms with Crippen LogP contribution in [0.1, 0.15) is 30.5 Å². The van der Waals surface area contributed by atoms with Crippen molar-refractivity contribution in [3.63, 3.8) is 0 Å². The van der Waals surface area contributed by atoms with Crippen LogP contribution in [0.25, 0.3) is 0 Å². The first-order valence-electron chi connectivity index (χ1n) is 10.5. The lowest BCUT2D eigenvalue weighted by Gasteiger charge is -2.34. The van der Waals surface area contributed by atoms with Gasteiger partial charge in [0.15, 0.2) is 0 Å². The number of benzene rings is 1. The number of carbonyl (C=O) groups excluding carboxylic acids is 1. The summed E-state index contributed by atoms with van der Waals surface area (Å²) in [6.45, 7) is 4.04. The van der Waals surface area contributed by atoms with Gasteiger partial charge in [-0.05, 0) is 49.8 Å². The number of ether oxygens (including phenoxy) is 1. The number of methoxy groups -OCH3 is 1. The molecule has 1 amide bonds. The van der Waals surface area contributed by atoms with Crippen molar-refractivity contribution in [3.8, 4) is 5.75 Å². The molecule has 2 heterocycles. The van der Waals surface area contributed by atoms with Crippen LogP contribution in [-0.2, 0) is 17.6 Å². The molecule has 1 aromatic carbocycles. The highest BCUT2D eigenvalue weighted by Crippen LogP contribution is 2.21. The minimum Gasteiger partial charge on any atom is -0.496 e. The highest BCUT2D eigenvalue weighted by atomic mass is 16.5. The SMILES string of the molecule is COc1ccccc1CCN1CCCC(CN(C)C(=O)CCc2cnccn2)C1. The van der Waals surface area contributed by atoms with Gasteiger partial charge in [0, 0.05) is 51.7 Å². The van der Waals surface area contributed by atoms with Gasteiger partial charge in [0.2, 0.25) is 5.91 Å². The largest absolute Gasteiger partial charge is 0.496 e. The van der Waals surface area contributed by atoms with Crippen molar-refractivity contribution < 1.29 is 9.53 Å². The Morgan fingerprint density at radius 2 is 2.14 bits per heavy atom. The van der Waals surface area contributed by atoms with E-state index in [2.05, 4.69) is 27.0 Å². The molecule has 1 fully saturated rings. The molecular weight excluding hydrogens is 364 g/mol. The number of nitrogens with zero attached hydrogens (tertiary/aromatic N) is 4. The molecule has 0 saturated carbocycles. The Labute approximate surface area is 173 Å². The van der Waals surface area contributed by atoms with E-state index in [4.69, 9.17) is 4.74 Å². The summed E-state index contributed by atoms with van der Waals surface area (Å²) < 4.78 is 5.47. The molecule has 0 aliphatic carbocycles. The van der Waals surface area contributed by atoms with Crippen LogP contribution >= 0.6 is 0 Å². The van der Waals surface area contributed by atoms with Crippen LogP contribution in [-0.4, -0.2) is 66.0 Å². The third kappa shape index (κ3) is 6.53. The minimum atomic E-state index is 0.182. The summed E-state index contributed by atoms with van der Waals surface area (Å²) in [5.74, 6) is 1.68. The Bertz CT molecular complexity index is 768. The van der Waals surface area contributed by atoms with Crippen LogP contribution in [0.15, 0.2) is 42.9 Å². The lowest BCUT2D eigenvalue weighted by molar-refractivity contribution is -0.130. The number of aromatic nitrogens is 2. The number of hydrogen-bond donors (Lipinski definition) is 0. The Morgan fingerprint density at radius 1 is 1.28 bits per heavy atom. The average molecular weight is 397 g/mol. The fraction of sp³-hybridized carbons (Fsp3) is 0.522. The predicted octanol–water partition coefficient (Wildman–Crippen LogP) is 2.83. The monoisotopic (exact) mass is 396 g/mol. The Hall–Kier alpha value is -2.47. The molecule has 1 saturated heterocycles. The van der Waals surface area contributed by atoms with Gasteiger partial charge in [-0.1, -0.05) is 18.2 Å².